The Bertz CT molecular complexity index is 2270. The van der Waals surface area contributed by atoms with Gasteiger partial charge >= 0.3 is 0 Å². The highest BCUT2D eigenvalue weighted by molar-refractivity contribution is 6.04. The topological polar surface area (TPSA) is 6.48 Å². The molecule has 2 aliphatic carbocycles. The van der Waals surface area contributed by atoms with Crippen molar-refractivity contribution in [2.24, 2.45) is 0 Å². The number of benzene rings is 8. The van der Waals surface area contributed by atoms with Gasteiger partial charge in [0.15, 0.2) is 0 Å². The molecule has 1 spiro atoms. The number of hydrogen-bond donors (Lipinski definition) is 0. The van der Waals surface area contributed by atoms with Crippen LogP contribution >= 0.6 is 0 Å². The van der Waals surface area contributed by atoms with E-state index in [1.165, 1.54) is 55.9 Å². The van der Waals surface area contributed by atoms with E-state index in [2.05, 4.69) is 216 Å². The quantitative estimate of drug-likeness (QED) is 0.177. The molecule has 0 saturated heterocycles. The maximum Gasteiger partial charge on any atom is 0.0727 e. The van der Waals surface area contributed by atoms with Crippen molar-refractivity contribution < 1.29 is 0 Å². The summed E-state index contributed by atoms with van der Waals surface area (Å²) >= 11 is 0. The Balaban J connectivity index is 1.29. The second-order valence-corrected chi connectivity index (χ2v) is 13.3. The molecule has 0 N–H and O–H groups in total. The summed E-state index contributed by atoms with van der Waals surface area (Å²) in [5.74, 6) is 0. The van der Waals surface area contributed by atoms with E-state index in [9.17, 15) is 0 Å². The zero-order chi connectivity index (χ0) is 33.8. The minimum Gasteiger partial charge on any atom is -0.310 e. The van der Waals surface area contributed by atoms with E-state index in [1.54, 1.807) is 0 Å². The zero-order valence-corrected chi connectivity index (χ0v) is 28.0. The third-order valence-electron chi connectivity index (χ3n) is 10.6. The molecule has 51 heavy (non-hydrogen) atoms. The van der Waals surface area contributed by atoms with Crippen LogP contribution < -0.4 is 9.80 Å². The number of hydrogen-bond acceptors (Lipinski definition) is 2. The van der Waals surface area contributed by atoms with E-state index in [0.29, 0.717) is 0 Å². The maximum absolute atomic E-state index is 2.42. The Hall–Kier alpha value is -6.64. The zero-order valence-electron chi connectivity index (χ0n) is 28.0. The average Bonchev–Trinajstić information content (AvgIpc) is 3.68. The van der Waals surface area contributed by atoms with Crippen LogP contribution in [0, 0.1) is 0 Å². The van der Waals surface area contributed by atoms with Crippen LogP contribution in [0.4, 0.5) is 34.1 Å². The van der Waals surface area contributed by atoms with Crippen LogP contribution in [-0.4, -0.2) is 0 Å². The summed E-state index contributed by atoms with van der Waals surface area (Å²) in [6.45, 7) is 0. The van der Waals surface area contributed by atoms with Gasteiger partial charge in [-0.05, 0) is 94.0 Å². The van der Waals surface area contributed by atoms with E-state index in [4.69, 9.17) is 0 Å². The number of rotatable bonds is 6. The smallest absolute Gasteiger partial charge is 0.0727 e. The molecule has 0 amide bonds. The van der Waals surface area contributed by atoms with Crippen molar-refractivity contribution in [3.05, 3.63) is 229 Å². The van der Waals surface area contributed by atoms with Gasteiger partial charge in [0, 0.05) is 33.9 Å². The molecule has 0 aliphatic heterocycles. The van der Waals surface area contributed by atoms with Crippen LogP contribution in [0.5, 0.6) is 0 Å². The van der Waals surface area contributed by atoms with Crippen molar-refractivity contribution in [1.82, 2.24) is 0 Å². The molecule has 2 aliphatic rings. The second-order valence-electron chi connectivity index (χ2n) is 13.3. The molecular formula is C49H34N2. The van der Waals surface area contributed by atoms with Crippen molar-refractivity contribution in [2.75, 3.05) is 9.80 Å². The SMILES string of the molecule is c1ccc(N(c2ccccc2)c2cccc3c2-c2ccccc2C32c3ccccc3-c3c(N(c4ccccc4)c4ccccc4)cccc32)cc1. The molecule has 0 saturated carbocycles. The van der Waals surface area contributed by atoms with E-state index in [1.807, 2.05) is 0 Å². The van der Waals surface area contributed by atoms with E-state index in [-0.39, 0.29) is 0 Å². The molecule has 240 valence electrons. The fourth-order valence-corrected chi connectivity index (χ4v) is 8.73. The molecule has 0 bridgehead atoms. The monoisotopic (exact) mass is 650 g/mol. The molecule has 0 unspecified atom stereocenters. The summed E-state index contributed by atoms with van der Waals surface area (Å²) in [5.41, 5.74) is 16.7. The Morgan fingerprint density at radius 2 is 0.549 bits per heavy atom. The highest BCUT2D eigenvalue weighted by Gasteiger charge is 2.53. The lowest BCUT2D eigenvalue weighted by molar-refractivity contribution is 0.793. The number of fused-ring (bicyclic) bond motifs is 10. The molecule has 2 heteroatoms. The Morgan fingerprint density at radius 1 is 0.255 bits per heavy atom. The van der Waals surface area contributed by atoms with E-state index in [0.717, 1.165) is 22.7 Å². The van der Waals surface area contributed by atoms with Crippen molar-refractivity contribution in [1.29, 1.82) is 0 Å². The maximum atomic E-state index is 2.42. The summed E-state index contributed by atoms with van der Waals surface area (Å²) in [4.78, 5) is 4.83. The van der Waals surface area contributed by atoms with Gasteiger partial charge in [-0.2, -0.15) is 0 Å². The molecule has 8 aromatic carbocycles. The third kappa shape index (κ3) is 4.30. The molecule has 2 nitrogen and oxygen atoms in total. The first-order chi connectivity index (χ1) is 25.4. The van der Waals surface area contributed by atoms with Gasteiger partial charge in [-0.3, -0.25) is 0 Å². The lowest BCUT2D eigenvalue weighted by atomic mass is 9.70. The first kappa shape index (κ1) is 29.3. The lowest BCUT2D eigenvalue weighted by Gasteiger charge is -2.32. The van der Waals surface area contributed by atoms with Crippen molar-refractivity contribution in [3.8, 4) is 22.3 Å². The largest absolute Gasteiger partial charge is 0.310 e. The van der Waals surface area contributed by atoms with Crippen molar-refractivity contribution in [3.63, 3.8) is 0 Å². The first-order valence-electron chi connectivity index (χ1n) is 17.6. The van der Waals surface area contributed by atoms with Gasteiger partial charge < -0.3 is 9.80 Å². The number of para-hydroxylation sites is 4. The van der Waals surface area contributed by atoms with Crippen LogP contribution in [0.1, 0.15) is 22.3 Å². The molecule has 0 heterocycles. The third-order valence-corrected chi connectivity index (χ3v) is 10.6. The molecule has 8 aromatic rings. The van der Waals surface area contributed by atoms with Crippen molar-refractivity contribution in [2.45, 2.75) is 5.41 Å². The van der Waals surface area contributed by atoms with Gasteiger partial charge in [0.05, 0.1) is 16.8 Å². The van der Waals surface area contributed by atoms with Crippen LogP contribution in [0.25, 0.3) is 22.3 Å². The summed E-state index contributed by atoms with van der Waals surface area (Å²) in [7, 11) is 0. The van der Waals surface area contributed by atoms with Crippen molar-refractivity contribution >= 4 is 34.1 Å². The molecule has 0 fully saturated rings. The number of anilines is 6. The van der Waals surface area contributed by atoms with Gasteiger partial charge in [-0.1, -0.05) is 146 Å². The van der Waals surface area contributed by atoms with Gasteiger partial charge in [0.2, 0.25) is 0 Å². The molecule has 0 aromatic heterocycles. The average molecular weight is 651 g/mol. The van der Waals surface area contributed by atoms with Gasteiger partial charge in [-0.25, -0.2) is 0 Å². The molecule has 0 atom stereocenters. The van der Waals surface area contributed by atoms with Crippen LogP contribution in [0.15, 0.2) is 206 Å². The Labute approximate surface area is 299 Å². The van der Waals surface area contributed by atoms with Gasteiger partial charge in [0.1, 0.15) is 0 Å². The fraction of sp³-hybridized carbons (Fsp3) is 0.0204. The normalized spacial score (nSPS) is 12.9. The standard InChI is InChI=1S/C49H34N2/c1-5-19-35(20-6-1)50(36-21-7-2-8-22-36)45-33-17-31-43-47(45)39-27-13-15-29-41(39)49(43)42-30-16-14-28-40(42)48-44(49)32-18-34-46(48)51(37-23-9-3-10-24-37)38-25-11-4-12-26-38/h1-34H. The molecular weight excluding hydrogens is 617 g/mol. The lowest BCUT2D eigenvalue weighted by Crippen LogP contribution is -2.26. The minimum atomic E-state index is -0.498. The summed E-state index contributed by atoms with van der Waals surface area (Å²) in [6, 6.07) is 75.0. The van der Waals surface area contributed by atoms with E-state index < -0.39 is 5.41 Å². The second kappa shape index (κ2) is 11.8. The molecule has 10 rings (SSSR count). The highest BCUT2D eigenvalue weighted by Crippen LogP contribution is 2.66. The molecule has 0 radical (unpaired) electrons. The van der Waals surface area contributed by atoms with Crippen LogP contribution in [-0.2, 0) is 5.41 Å². The van der Waals surface area contributed by atoms with Crippen LogP contribution in [0.2, 0.25) is 0 Å². The number of nitrogens with zero attached hydrogens (tertiary/aromatic N) is 2. The summed E-state index contributed by atoms with van der Waals surface area (Å²) in [5, 5.41) is 0. The Kier molecular flexibility index (Phi) is 6.75. The minimum absolute atomic E-state index is 0.498. The summed E-state index contributed by atoms with van der Waals surface area (Å²) < 4.78 is 0. The van der Waals surface area contributed by atoms with Gasteiger partial charge in [0.25, 0.3) is 0 Å². The highest BCUT2D eigenvalue weighted by atomic mass is 15.2. The van der Waals surface area contributed by atoms with Gasteiger partial charge in [-0.15, -0.1) is 0 Å². The van der Waals surface area contributed by atoms with Crippen LogP contribution in [0.3, 0.4) is 0 Å². The fourth-order valence-electron chi connectivity index (χ4n) is 8.73. The summed E-state index contributed by atoms with van der Waals surface area (Å²) in [6.07, 6.45) is 0. The Morgan fingerprint density at radius 3 is 0.902 bits per heavy atom. The predicted octanol–water partition coefficient (Wildman–Crippen LogP) is 13.0. The predicted molar refractivity (Wildman–Crippen MR) is 212 cm³/mol. The van der Waals surface area contributed by atoms with E-state index >= 15 is 0 Å². The first-order valence-corrected chi connectivity index (χ1v) is 17.6.